The smallest absolute Gasteiger partial charge is 0.338 e. The second-order valence-electron chi connectivity index (χ2n) is 11.1. The highest BCUT2D eigenvalue weighted by Gasteiger charge is 2.35. The summed E-state index contributed by atoms with van der Waals surface area (Å²) in [5, 5.41) is 0. The Hall–Kier alpha value is -4.93. The second-order valence-corrected chi connectivity index (χ2v) is 13.0. The Morgan fingerprint density at radius 1 is 0.917 bits per heavy atom. The van der Waals surface area contributed by atoms with Crippen LogP contribution < -0.4 is 14.9 Å². The summed E-state index contributed by atoms with van der Waals surface area (Å²) in [4.78, 5) is 46.8. The maximum atomic E-state index is 14.4. The molecule has 1 atom stereocenters. The number of esters is 2. The first-order valence-electron chi connectivity index (χ1n) is 15.6. The van der Waals surface area contributed by atoms with E-state index in [0.29, 0.717) is 32.8 Å². The number of aromatic nitrogens is 2. The van der Waals surface area contributed by atoms with Gasteiger partial charge in [-0.3, -0.25) is 9.36 Å². The first-order valence-corrected chi connectivity index (χ1v) is 17.7. The molecule has 0 aliphatic carbocycles. The van der Waals surface area contributed by atoms with E-state index in [1.807, 2.05) is 99.0 Å². The summed E-state index contributed by atoms with van der Waals surface area (Å²) in [6.45, 7) is 8.05. The van der Waals surface area contributed by atoms with Gasteiger partial charge in [0.15, 0.2) is 4.80 Å². The number of carbonyl (C=O) groups excluding carboxylic acids is 2. The van der Waals surface area contributed by atoms with Crippen LogP contribution in [-0.2, 0) is 14.3 Å². The third-order valence-corrected chi connectivity index (χ3v) is 9.93. The normalized spacial score (nSPS) is 14.4. The number of aryl methyl sites for hydroxylation is 1. The maximum absolute atomic E-state index is 14.4. The molecule has 0 bridgehead atoms. The molecule has 10 heteroatoms. The molecule has 0 amide bonds. The minimum absolute atomic E-state index is 0.189. The van der Waals surface area contributed by atoms with Crippen LogP contribution in [0.15, 0.2) is 105 Å². The van der Waals surface area contributed by atoms with E-state index in [4.69, 9.17) is 14.5 Å². The van der Waals surface area contributed by atoms with Gasteiger partial charge in [-0.15, -0.1) is 11.8 Å². The van der Waals surface area contributed by atoms with Crippen molar-refractivity contribution in [2.24, 2.45) is 4.99 Å². The number of fused-ring (bicyclic) bond motifs is 1. The fourth-order valence-corrected chi connectivity index (χ4v) is 7.38. The van der Waals surface area contributed by atoms with Gasteiger partial charge in [-0.05, 0) is 93.6 Å². The third kappa shape index (κ3) is 6.21. The summed E-state index contributed by atoms with van der Waals surface area (Å²) in [7, 11) is 0. The Bertz CT molecular complexity index is 2210. The van der Waals surface area contributed by atoms with Crippen molar-refractivity contribution in [2.75, 3.05) is 19.5 Å². The molecule has 2 aromatic heterocycles. The zero-order chi connectivity index (χ0) is 33.9. The molecule has 0 saturated carbocycles. The van der Waals surface area contributed by atoms with E-state index in [1.54, 1.807) is 42.3 Å². The Labute approximate surface area is 286 Å². The molecule has 0 saturated heterocycles. The summed E-state index contributed by atoms with van der Waals surface area (Å²) >= 11 is 2.92. The second kappa shape index (κ2) is 14.0. The largest absolute Gasteiger partial charge is 0.463 e. The summed E-state index contributed by atoms with van der Waals surface area (Å²) in [5.41, 5.74) is 6.28. The molecule has 48 heavy (non-hydrogen) atoms. The number of carbonyl (C=O) groups is 2. The standard InChI is InChI=1S/C38H35N3O5S2/c1-6-45-36(43)27-13-17-29(18-14-27)40-23(3)21-28(24(40)4)22-31-35(42)41-34(26-15-19-30(47-5)20-16-26)32(37(44)46-7-2)33(39-38(41)48-31)25-11-9-8-10-12-25/h8-22,34H,6-7H2,1-5H3/b31-22-/t34-/m1/s1. The number of benzene rings is 3. The van der Waals surface area contributed by atoms with E-state index in [9.17, 15) is 14.4 Å². The number of hydrogen-bond acceptors (Lipinski definition) is 8. The lowest BCUT2D eigenvalue weighted by Crippen LogP contribution is -2.40. The SMILES string of the molecule is CCOC(=O)C1=C(c2ccccc2)N=c2s/c(=C\c3cc(C)n(-c4ccc(C(=O)OCC)cc4)c3C)c(=O)n2[C@@H]1c1ccc(SC)cc1. The molecule has 8 nitrogen and oxygen atoms in total. The van der Waals surface area contributed by atoms with Crippen LogP contribution in [0.5, 0.6) is 0 Å². The molecular weight excluding hydrogens is 643 g/mol. The average molecular weight is 678 g/mol. The lowest BCUT2D eigenvalue weighted by Gasteiger charge is -2.26. The van der Waals surface area contributed by atoms with E-state index in [0.717, 1.165) is 38.7 Å². The highest BCUT2D eigenvalue weighted by molar-refractivity contribution is 7.98. The lowest BCUT2D eigenvalue weighted by molar-refractivity contribution is -0.138. The monoisotopic (exact) mass is 677 g/mol. The van der Waals surface area contributed by atoms with Crippen molar-refractivity contribution in [3.8, 4) is 5.69 Å². The topological polar surface area (TPSA) is 91.9 Å². The zero-order valence-corrected chi connectivity index (χ0v) is 29.0. The summed E-state index contributed by atoms with van der Waals surface area (Å²) < 4.78 is 14.9. The summed E-state index contributed by atoms with van der Waals surface area (Å²) in [6.07, 6.45) is 3.89. The van der Waals surface area contributed by atoms with E-state index < -0.39 is 12.0 Å². The first-order chi connectivity index (χ1) is 23.2. The van der Waals surface area contributed by atoms with Gasteiger partial charge in [-0.1, -0.05) is 53.8 Å². The Morgan fingerprint density at radius 3 is 2.23 bits per heavy atom. The van der Waals surface area contributed by atoms with Gasteiger partial charge in [0.2, 0.25) is 0 Å². The first kappa shape index (κ1) is 33.0. The molecule has 0 N–H and O–H groups in total. The van der Waals surface area contributed by atoms with Crippen LogP contribution in [-0.4, -0.2) is 40.5 Å². The van der Waals surface area contributed by atoms with Gasteiger partial charge in [-0.25, -0.2) is 14.6 Å². The predicted molar refractivity (Wildman–Crippen MR) is 190 cm³/mol. The summed E-state index contributed by atoms with van der Waals surface area (Å²) in [6, 6.07) is 26.0. The van der Waals surface area contributed by atoms with E-state index >= 15 is 0 Å². The zero-order valence-electron chi connectivity index (χ0n) is 27.4. The highest BCUT2D eigenvalue weighted by atomic mass is 32.2. The minimum atomic E-state index is -0.737. The quantitative estimate of drug-likeness (QED) is 0.136. The molecule has 5 aromatic rings. The number of ether oxygens (including phenoxy) is 2. The number of thioether (sulfide) groups is 1. The fourth-order valence-electron chi connectivity index (χ4n) is 5.98. The van der Waals surface area contributed by atoms with Crippen LogP contribution in [0.4, 0.5) is 0 Å². The van der Waals surface area contributed by atoms with Gasteiger partial charge in [0.05, 0.1) is 40.6 Å². The Morgan fingerprint density at radius 2 is 1.58 bits per heavy atom. The predicted octanol–water partition coefficient (Wildman–Crippen LogP) is 6.24. The van der Waals surface area contributed by atoms with Gasteiger partial charge in [-0.2, -0.15) is 0 Å². The van der Waals surface area contributed by atoms with Crippen molar-refractivity contribution in [3.63, 3.8) is 0 Å². The Balaban J connectivity index is 1.52. The highest BCUT2D eigenvalue weighted by Crippen LogP contribution is 2.35. The molecule has 3 aromatic carbocycles. The molecule has 0 radical (unpaired) electrons. The molecule has 1 aliphatic heterocycles. The molecule has 0 spiro atoms. The van der Waals surface area contributed by atoms with Crippen LogP contribution in [0.25, 0.3) is 17.5 Å². The third-order valence-electron chi connectivity index (χ3n) is 8.20. The van der Waals surface area contributed by atoms with E-state index in [1.165, 1.54) is 11.3 Å². The number of hydrogen-bond donors (Lipinski definition) is 0. The van der Waals surface area contributed by atoms with Gasteiger partial charge in [0, 0.05) is 27.5 Å². The molecule has 6 rings (SSSR count). The molecule has 244 valence electrons. The van der Waals surface area contributed by atoms with Gasteiger partial charge in [0.1, 0.15) is 0 Å². The van der Waals surface area contributed by atoms with Gasteiger partial charge >= 0.3 is 11.9 Å². The lowest BCUT2D eigenvalue weighted by atomic mass is 9.93. The average Bonchev–Trinajstić information content (AvgIpc) is 3.57. The van der Waals surface area contributed by atoms with Crippen LogP contribution in [0.3, 0.4) is 0 Å². The van der Waals surface area contributed by atoms with Gasteiger partial charge in [0.25, 0.3) is 5.56 Å². The van der Waals surface area contributed by atoms with Crippen LogP contribution in [0.1, 0.15) is 58.3 Å². The molecule has 0 unspecified atom stereocenters. The Kier molecular flexibility index (Phi) is 9.66. The minimum Gasteiger partial charge on any atom is -0.463 e. The molecule has 0 fully saturated rings. The number of rotatable bonds is 9. The van der Waals surface area contributed by atoms with Crippen molar-refractivity contribution in [2.45, 2.75) is 38.6 Å². The van der Waals surface area contributed by atoms with Crippen molar-refractivity contribution < 1.29 is 19.1 Å². The number of thiazole rings is 1. The van der Waals surface area contributed by atoms with Crippen molar-refractivity contribution in [1.82, 2.24) is 9.13 Å². The van der Waals surface area contributed by atoms with Crippen molar-refractivity contribution in [3.05, 3.63) is 144 Å². The van der Waals surface area contributed by atoms with Crippen LogP contribution >= 0.6 is 23.1 Å². The van der Waals surface area contributed by atoms with E-state index in [2.05, 4.69) is 4.57 Å². The molecule has 3 heterocycles. The fraction of sp³-hybridized carbons (Fsp3) is 0.211. The maximum Gasteiger partial charge on any atom is 0.338 e. The van der Waals surface area contributed by atoms with Crippen LogP contribution in [0.2, 0.25) is 0 Å². The van der Waals surface area contributed by atoms with Crippen molar-refractivity contribution in [1.29, 1.82) is 0 Å². The molecule has 1 aliphatic rings. The van der Waals surface area contributed by atoms with Crippen LogP contribution in [0, 0.1) is 13.8 Å². The summed E-state index contributed by atoms with van der Waals surface area (Å²) in [5.74, 6) is -0.869. The molecular formula is C38H35N3O5S2. The van der Waals surface area contributed by atoms with Gasteiger partial charge < -0.3 is 14.0 Å². The van der Waals surface area contributed by atoms with E-state index in [-0.39, 0.29) is 18.1 Å². The van der Waals surface area contributed by atoms with Crippen molar-refractivity contribution >= 4 is 46.8 Å². The number of nitrogens with zero attached hydrogens (tertiary/aromatic N) is 3.